The normalized spacial score (nSPS) is 21.8. The molecular formula is C17H27N3O. The maximum Gasteiger partial charge on any atom is 0.255 e. The molecule has 0 aromatic carbocycles. The Balaban J connectivity index is 1.99. The van der Waals surface area contributed by atoms with E-state index in [-0.39, 0.29) is 5.91 Å². The summed E-state index contributed by atoms with van der Waals surface area (Å²) in [7, 11) is 0. The van der Waals surface area contributed by atoms with Gasteiger partial charge in [-0.15, -0.1) is 0 Å². The topological polar surface area (TPSA) is 54.0 Å². The van der Waals surface area contributed by atoms with Gasteiger partial charge in [-0.05, 0) is 31.2 Å². The van der Waals surface area contributed by atoms with Gasteiger partial charge in [0, 0.05) is 25.0 Å². The first-order chi connectivity index (χ1) is 10.2. The second kappa shape index (κ2) is 8.01. The highest BCUT2D eigenvalue weighted by Crippen LogP contribution is 2.27. The molecule has 2 N–H and O–H groups in total. The Labute approximate surface area is 127 Å². The zero-order chi connectivity index (χ0) is 15.1. The fourth-order valence-electron chi connectivity index (χ4n) is 3.05. The highest BCUT2D eigenvalue weighted by molar-refractivity contribution is 5.99. The first-order valence-corrected chi connectivity index (χ1v) is 8.23. The van der Waals surface area contributed by atoms with Crippen molar-refractivity contribution in [3.05, 3.63) is 24.0 Å². The summed E-state index contributed by atoms with van der Waals surface area (Å²) in [5.74, 6) is 0.763. The second-order valence-corrected chi connectivity index (χ2v) is 5.96. The van der Waals surface area contributed by atoms with Crippen molar-refractivity contribution < 1.29 is 4.79 Å². The van der Waals surface area contributed by atoms with Gasteiger partial charge in [0.05, 0.1) is 11.3 Å². The summed E-state index contributed by atoms with van der Waals surface area (Å²) in [5.41, 5.74) is 1.54. The lowest BCUT2D eigenvalue weighted by molar-refractivity contribution is 0.0919. The van der Waals surface area contributed by atoms with Gasteiger partial charge in [-0.1, -0.05) is 33.1 Å². The Hall–Kier alpha value is -1.58. The fraction of sp³-hybridized carbons (Fsp3) is 0.647. The first kappa shape index (κ1) is 15.8. The van der Waals surface area contributed by atoms with E-state index in [0.717, 1.165) is 37.4 Å². The van der Waals surface area contributed by atoms with E-state index in [4.69, 9.17) is 0 Å². The average Bonchev–Trinajstić information content (AvgIpc) is 2.53. The molecule has 1 saturated carbocycles. The lowest BCUT2D eigenvalue weighted by atomic mass is 9.84. The van der Waals surface area contributed by atoms with Crippen LogP contribution in [0.4, 0.5) is 5.69 Å². The van der Waals surface area contributed by atoms with E-state index in [9.17, 15) is 4.79 Å². The van der Waals surface area contributed by atoms with Gasteiger partial charge in [-0.25, -0.2) is 0 Å². The zero-order valence-corrected chi connectivity index (χ0v) is 13.2. The van der Waals surface area contributed by atoms with Gasteiger partial charge in [-0.3, -0.25) is 9.78 Å². The summed E-state index contributed by atoms with van der Waals surface area (Å²) < 4.78 is 0. The summed E-state index contributed by atoms with van der Waals surface area (Å²) in [5, 5.41) is 6.50. The van der Waals surface area contributed by atoms with E-state index in [2.05, 4.69) is 29.5 Å². The van der Waals surface area contributed by atoms with Crippen molar-refractivity contribution in [2.45, 2.75) is 58.4 Å². The number of hydrogen-bond donors (Lipinski definition) is 2. The molecule has 0 bridgehead atoms. The SMILES string of the molecule is CCCNc1ccncc1C(=O)NC1CCCC(CC)C1. The second-order valence-electron chi connectivity index (χ2n) is 5.96. The lowest BCUT2D eigenvalue weighted by Crippen LogP contribution is -2.38. The predicted octanol–water partition coefficient (Wildman–Crippen LogP) is 3.60. The van der Waals surface area contributed by atoms with Crippen molar-refractivity contribution >= 4 is 11.6 Å². The van der Waals surface area contributed by atoms with E-state index in [1.807, 2.05) is 6.07 Å². The highest BCUT2D eigenvalue weighted by atomic mass is 16.1. The summed E-state index contributed by atoms with van der Waals surface area (Å²) in [4.78, 5) is 16.6. The van der Waals surface area contributed by atoms with Crippen LogP contribution in [0.25, 0.3) is 0 Å². The third-order valence-corrected chi connectivity index (χ3v) is 4.33. The maximum atomic E-state index is 12.5. The molecule has 0 saturated heterocycles. The summed E-state index contributed by atoms with van der Waals surface area (Å²) in [6.45, 7) is 5.22. The molecule has 21 heavy (non-hydrogen) atoms. The van der Waals surface area contributed by atoms with E-state index >= 15 is 0 Å². The van der Waals surface area contributed by atoms with Crippen LogP contribution in [-0.4, -0.2) is 23.5 Å². The highest BCUT2D eigenvalue weighted by Gasteiger charge is 2.23. The molecule has 2 atom stereocenters. The molecule has 0 radical (unpaired) electrons. The number of hydrogen-bond acceptors (Lipinski definition) is 3. The van der Waals surface area contributed by atoms with Crippen molar-refractivity contribution in [3.63, 3.8) is 0 Å². The average molecular weight is 289 g/mol. The minimum atomic E-state index is 0.00320. The van der Waals surface area contributed by atoms with Crippen molar-refractivity contribution in [2.75, 3.05) is 11.9 Å². The Bertz CT molecular complexity index is 461. The summed E-state index contributed by atoms with van der Waals surface area (Å²) in [6, 6.07) is 2.19. The fourth-order valence-corrected chi connectivity index (χ4v) is 3.05. The van der Waals surface area contributed by atoms with Gasteiger partial charge in [0.2, 0.25) is 0 Å². The Morgan fingerprint density at radius 2 is 2.24 bits per heavy atom. The number of anilines is 1. The van der Waals surface area contributed by atoms with Gasteiger partial charge in [0.25, 0.3) is 5.91 Å². The summed E-state index contributed by atoms with van der Waals surface area (Å²) in [6.07, 6.45) is 10.4. The monoisotopic (exact) mass is 289 g/mol. The van der Waals surface area contributed by atoms with Gasteiger partial charge in [-0.2, -0.15) is 0 Å². The molecule has 4 nitrogen and oxygen atoms in total. The van der Waals surface area contributed by atoms with Crippen LogP contribution in [0.15, 0.2) is 18.5 Å². The number of carbonyl (C=O) groups excluding carboxylic acids is 1. The van der Waals surface area contributed by atoms with Crippen LogP contribution >= 0.6 is 0 Å². The first-order valence-electron chi connectivity index (χ1n) is 8.23. The molecule has 0 spiro atoms. The minimum absolute atomic E-state index is 0.00320. The van der Waals surface area contributed by atoms with Crippen LogP contribution in [0, 0.1) is 5.92 Å². The van der Waals surface area contributed by atoms with Crippen LogP contribution in [-0.2, 0) is 0 Å². The predicted molar refractivity (Wildman–Crippen MR) is 86.5 cm³/mol. The Morgan fingerprint density at radius 1 is 1.38 bits per heavy atom. The smallest absolute Gasteiger partial charge is 0.255 e. The number of pyridine rings is 1. The third kappa shape index (κ3) is 4.45. The van der Waals surface area contributed by atoms with Crippen molar-refractivity contribution in [1.82, 2.24) is 10.3 Å². The lowest BCUT2D eigenvalue weighted by Gasteiger charge is -2.29. The van der Waals surface area contributed by atoms with Crippen LogP contribution in [0.3, 0.4) is 0 Å². The molecule has 1 aromatic rings. The number of carbonyl (C=O) groups is 1. The molecule has 1 aliphatic rings. The van der Waals surface area contributed by atoms with Crippen molar-refractivity contribution in [3.8, 4) is 0 Å². The van der Waals surface area contributed by atoms with E-state index in [0.29, 0.717) is 11.6 Å². The van der Waals surface area contributed by atoms with Gasteiger partial charge in [0.1, 0.15) is 0 Å². The molecule has 1 amide bonds. The molecule has 1 fully saturated rings. The molecule has 1 aromatic heterocycles. The van der Waals surface area contributed by atoms with Crippen molar-refractivity contribution in [1.29, 1.82) is 0 Å². The van der Waals surface area contributed by atoms with E-state index < -0.39 is 0 Å². The van der Waals surface area contributed by atoms with E-state index in [1.165, 1.54) is 19.3 Å². The summed E-state index contributed by atoms with van der Waals surface area (Å²) >= 11 is 0. The molecule has 2 rings (SSSR count). The van der Waals surface area contributed by atoms with Gasteiger partial charge in [0.15, 0.2) is 0 Å². The van der Waals surface area contributed by atoms with Crippen LogP contribution < -0.4 is 10.6 Å². The number of nitrogens with zero attached hydrogens (tertiary/aromatic N) is 1. The van der Waals surface area contributed by atoms with Crippen molar-refractivity contribution in [2.24, 2.45) is 5.92 Å². The molecule has 116 valence electrons. The largest absolute Gasteiger partial charge is 0.384 e. The molecule has 2 unspecified atom stereocenters. The van der Waals surface area contributed by atoms with Crippen LogP contribution in [0.5, 0.6) is 0 Å². The molecular weight excluding hydrogens is 262 g/mol. The number of rotatable bonds is 6. The standard InChI is InChI=1S/C17H27N3O/c1-3-9-19-16-8-10-18-12-15(16)17(21)20-14-7-5-6-13(4-2)11-14/h8,10,12-14H,3-7,9,11H2,1-2H3,(H,18,19)(H,20,21). The molecule has 0 aliphatic heterocycles. The number of aromatic nitrogens is 1. The molecule has 1 aliphatic carbocycles. The number of nitrogens with one attached hydrogen (secondary N) is 2. The van der Waals surface area contributed by atoms with Gasteiger partial charge >= 0.3 is 0 Å². The van der Waals surface area contributed by atoms with Crippen LogP contribution in [0.1, 0.15) is 62.7 Å². The number of amides is 1. The Kier molecular flexibility index (Phi) is 6.03. The Morgan fingerprint density at radius 3 is 3.00 bits per heavy atom. The van der Waals surface area contributed by atoms with Gasteiger partial charge < -0.3 is 10.6 Å². The van der Waals surface area contributed by atoms with Crippen LogP contribution in [0.2, 0.25) is 0 Å². The third-order valence-electron chi connectivity index (χ3n) is 4.33. The minimum Gasteiger partial charge on any atom is -0.384 e. The maximum absolute atomic E-state index is 12.5. The van der Waals surface area contributed by atoms with E-state index in [1.54, 1.807) is 12.4 Å². The molecule has 4 heteroatoms. The zero-order valence-electron chi connectivity index (χ0n) is 13.2. The molecule has 1 heterocycles. The quantitative estimate of drug-likeness (QED) is 0.841.